The van der Waals surface area contributed by atoms with Crippen LogP contribution in [0.25, 0.3) is 22.2 Å². The summed E-state index contributed by atoms with van der Waals surface area (Å²) in [5.74, 6) is -0.205. The number of pyridine rings is 1. The second-order valence-corrected chi connectivity index (χ2v) is 13.9. The Labute approximate surface area is 264 Å². The molecule has 9 nitrogen and oxygen atoms in total. The van der Waals surface area contributed by atoms with Crippen molar-refractivity contribution in [3.05, 3.63) is 81.1 Å². The summed E-state index contributed by atoms with van der Waals surface area (Å²) in [4.78, 5) is 31.9. The fraction of sp³-hybridized carbons (Fsp3) is 0.364. The number of hydrogen-bond acceptors (Lipinski definition) is 9. The molecule has 2 aromatic carbocycles. The van der Waals surface area contributed by atoms with Crippen LogP contribution in [0.1, 0.15) is 66.7 Å². The molecule has 5 rings (SSSR count). The fourth-order valence-electron chi connectivity index (χ4n) is 5.59. The summed E-state index contributed by atoms with van der Waals surface area (Å²) < 4.78 is 72.4. The van der Waals surface area contributed by atoms with Crippen molar-refractivity contribution in [2.75, 3.05) is 23.3 Å². The number of aromatic nitrogens is 1. The topological polar surface area (TPSA) is 119 Å². The monoisotopic (exact) mass is 657 g/mol. The van der Waals surface area contributed by atoms with Crippen LogP contribution >= 0.6 is 0 Å². The van der Waals surface area contributed by atoms with Crippen molar-refractivity contribution in [1.29, 1.82) is 0 Å². The minimum absolute atomic E-state index is 0.100. The van der Waals surface area contributed by atoms with Crippen molar-refractivity contribution in [3.63, 3.8) is 0 Å². The Morgan fingerprint density at radius 1 is 1.11 bits per heavy atom. The van der Waals surface area contributed by atoms with Crippen LogP contribution in [0.2, 0.25) is 0 Å². The Morgan fingerprint density at radius 2 is 1.80 bits per heavy atom. The lowest BCUT2D eigenvalue weighted by atomic mass is 9.82. The van der Waals surface area contributed by atoms with Crippen LogP contribution in [-0.2, 0) is 10.1 Å². The molecule has 3 heterocycles. The van der Waals surface area contributed by atoms with E-state index in [1.807, 2.05) is 26.0 Å². The summed E-state index contributed by atoms with van der Waals surface area (Å²) >= 11 is 0. The number of aldehydes is 1. The highest BCUT2D eigenvalue weighted by atomic mass is 32.2. The third-order valence-corrected chi connectivity index (χ3v) is 9.28. The zero-order chi connectivity index (χ0) is 33.6. The van der Waals surface area contributed by atoms with Crippen LogP contribution < -0.4 is 19.8 Å². The van der Waals surface area contributed by atoms with E-state index < -0.39 is 33.0 Å². The van der Waals surface area contributed by atoms with Crippen molar-refractivity contribution >= 4 is 38.9 Å². The second-order valence-electron chi connectivity index (χ2n) is 12.4. The van der Waals surface area contributed by atoms with E-state index in [-0.39, 0.29) is 17.1 Å². The number of piperidine rings is 1. The highest BCUT2D eigenvalue weighted by molar-refractivity contribution is 7.88. The zero-order valence-corrected chi connectivity index (χ0v) is 26.8. The number of rotatable bonds is 8. The number of aryl methyl sites for hydroxylation is 1. The quantitative estimate of drug-likeness (QED) is 0.118. The molecule has 1 aliphatic rings. The maximum absolute atomic E-state index is 13.6. The molecule has 0 radical (unpaired) electrons. The number of nitrogens with zero attached hydrogens (tertiary/aromatic N) is 2. The average Bonchev–Trinajstić information content (AvgIpc) is 2.99. The number of carbonyl (C=O) groups is 1. The van der Waals surface area contributed by atoms with Gasteiger partial charge in [-0.3, -0.25) is 14.6 Å². The van der Waals surface area contributed by atoms with E-state index in [9.17, 15) is 31.2 Å². The van der Waals surface area contributed by atoms with E-state index in [4.69, 9.17) is 4.42 Å². The molecule has 1 aliphatic heterocycles. The number of anilines is 2. The van der Waals surface area contributed by atoms with Crippen molar-refractivity contribution in [2.24, 2.45) is 5.41 Å². The predicted octanol–water partition coefficient (Wildman–Crippen LogP) is 7.31. The van der Waals surface area contributed by atoms with Gasteiger partial charge in [0.15, 0.2) is 17.5 Å². The lowest BCUT2D eigenvalue weighted by molar-refractivity contribution is -0.0500. The van der Waals surface area contributed by atoms with Gasteiger partial charge in [0.2, 0.25) is 5.88 Å². The number of carbonyl (C=O) groups excluding carboxylic acids is 1. The van der Waals surface area contributed by atoms with Gasteiger partial charge >= 0.3 is 15.6 Å². The summed E-state index contributed by atoms with van der Waals surface area (Å²) in [6, 6.07) is 10.2. The number of benzene rings is 2. The smallest absolute Gasteiger partial charge is 0.440 e. The zero-order valence-electron chi connectivity index (χ0n) is 26.0. The molecule has 0 spiro atoms. The van der Waals surface area contributed by atoms with Gasteiger partial charge < -0.3 is 18.8 Å². The van der Waals surface area contributed by atoms with Crippen LogP contribution in [0.15, 0.2) is 57.9 Å². The number of hydrogen-bond donors (Lipinski definition) is 1. The highest BCUT2D eigenvalue weighted by Crippen LogP contribution is 2.37. The Hall–Kier alpha value is -4.39. The molecule has 1 atom stereocenters. The normalized spacial score (nSPS) is 15.9. The molecular weight excluding hydrogens is 623 g/mol. The first kappa shape index (κ1) is 33.0. The number of halogens is 3. The molecule has 0 bridgehead atoms. The van der Waals surface area contributed by atoms with Gasteiger partial charge in [-0.25, -0.2) is 0 Å². The Kier molecular flexibility index (Phi) is 8.67. The fourth-order valence-corrected chi connectivity index (χ4v) is 6.07. The molecule has 4 aromatic rings. The van der Waals surface area contributed by atoms with E-state index in [1.54, 1.807) is 19.1 Å². The molecule has 1 saturated heterocycles. The first-order valence-electron chi connectivity index (χ1n) is 14.7. The lowest BCUT2D eigenvalue weighted by Crippen LogP contribution is -2.38. The molecule has 0 aliphatic carbocycles. The predicted molar refractivity (Wildman–Crippen MR) is 170 cm³/mol. The van der Waals surface area contributed by atoms with Crippen LogP contribution in [0, 0.1) is 19.3 Å². The molecule has 0 saturated carbocycles. The largest absolute Gasteiger partial charge is 0.534 e. The van der Waals surface area contributed by atoms with Gasteiger partial charge in [0.05, 0.1) is 33.9 Å². The third-order valence-electron chi connectivity index (χ3n) is 8.31. The molecule has 2 aromatic heterocycles. The van der Waals surface area contributed by atoms with E-state index >= 15 is 0 Å². The van der Waals surface area contributed by atoms with E-state index in [2.05, 4.69) is 33.2 Å². The van der Waals surface area contributed by atoms with Crippen molar-refractivity contribution < 1.29 is 35.0 Å². The summed E-state index contributed by atoms with van der Waals surface area (Å²) in [7, 11) is -5.98. The molecule has 244 valence electrons. The van der Waals surface area contributed by atoms with Gasteiger partial charge in [-0.15, -0.1) is 0 Å². The number of nitrogens with one attached hydrogen (secondary N) is 1. The Morgan fingerprint density at radius 3 is 2.46 bits per heavy atom. The first-order valence-corrected chi connectivity index (χ1v) is 16.1. The van der Waals surface area contributed by atoms with Crippen LogP contribution in [-0.4, -0.2) is 38.3 Å². The van der Waals surface area contributed by atoms with E-state index in [0.717, 1.165) is 43.1 Å². The minimum atomic E-state index is -5.98. The third kappa shape index (κ3) is 6.46. The highest BCUT2D eigenvalue weighted by Gasteiger charge is 2.48. The van der Waals surface area contributed by atoms with Crippen molar-refractivity contribution in [2.45, 2.75) is 59.0 Å². The molecule has 0 amide bonds. The van der Waals surface area contributed by atoms with Gasteiger partial charge in [0, 0.05) is 30.4 Å². The van der Waals surface area contributed by atoms with Gasteiger partial charge in [-0.1, -0.05) is 19.9 Å². The lowest BCUT2D eigenvalue weighted by Gasteiger charge is -2.37. The van der Waals surface area contributed by atoms with Crippen molar-refractivity contribution in [3.8, 4) is 17.0 Å². The minimum Gasteiger partial charge on any atom is -0.440 e. The van der Waals surface area contributed by atoms with Gasteiger partial charge in [0.25, 0.3) is 0 Å². The van der Waals surface area contributed by atoms with Gasteiger partial charge in [0.1, 0.15) is 5.58 Å². The number of alkyl halides is 3. The number of fused-ring (bicyclic) bond motifs is 1. The summed E-state index contributed by atoms with van der Waals surface area (Å²) in [6.45, 7) is 11.6. The Balaban J connectivity index is 1.52. The first-order chi connectivity index (χ1) is 21.5. The van der Waals surface area contributed by atoms with Gasteiger partial charge in [-0.2, -0.15) is 21.6 Å². The van der Waals surface area contributed by atoms with Crippen molar-refractivity contribution in [1.82, 2.24) is 4.98 Å². The van der Waals surface area contributed by atoms with E-state index in [0.29, 0.717) is 39.4 Å². The molecular formula is C33H34F3N3O6S. The van der Waals surface area contributed by atoms with Crippen LogP contribution in [0.3, 0.4) is 0 Å². The average molecular weight is 658 g/mol. The van der Waals surface area contributed by atoms with Gasteiger partial charge in [-0.05, 0) is 81.0 Å². The molecule has 46 heavy (non-hydrogen) atoms. The summed E-state index contributed by atoms with van der Waals surface area (Å²) in [6.07, 6.45) is 3.63. The van der Waals surface area contributed by atoms with Crippen LogP contribution in [0.4, 0.5) is 24.7 Å². The Bertz CT molecular complexity index is 1980. The maximum atomic E-state index is 13.6. The molecule has 1 fully saturated rings. The summed E-state index contributed by atoms with van der Waals surface area (Å²) in [5, 5.41) is 3.86. The SMILES string of the molecule is Cc1cc(C(C)Nc2cccnc2-c2ccc(OS(=O)(=O)C(F)(F)F)c(C=O)c2)c2oc(N3CCC(C)(C)CC3)c(C)c(=O)c2c1. The molecule has 1 unspecified atom stereocenters. The van der Waals surface area contributed by atoms with Crippen LogP contribution in [0.5, 0.6) is 5.75 Å². The maximum Gasteiger partial charge on any atom is 0.534 e. The van der Waals surface area contributed by atoms with E-state index in [1.165, 1.54) is 18.3 Å². The summed E-state index contributed by atoms with van der Waals surface area (Å²) in [5.41, 5.74) is -2.19. The molecule has 1 N–H and O–H groups in total. The standard InChI is InChI=1S/C33H34F3N3O6S/c1-19-15-24(30-25(16-19)29(41)20(2)31(44-30)39-13-10-32(4,5)11-14-39)21(3)38-26-7-6-12-37-28(26)22-8-9-27(23(17-22)18-40)45-46(42,43)33(34,35)36/h6-9,12,15-18,21,38H,10-11,13-14H2,1-5H3. The molecule has 13 heteroatoms. The second kappa shape index (κ2) is 12.1.